The monoisotopic (exact) mass is 414 g/mol. The molecule has 3 rings (SSSR count). The van der Waals surface area contributed by atoms with Crippen molar-refractivity contribution in [2.45, 2.75) is 64.9 Å². The normalized spacial score (nSPS) is 19.1. The van der Waals surface area contributed by atoms with Crippen LogP contribution in [0.15, 0.2) is 42.5 Å². The molecule has 0 aliphatic heterocycles. The molecule has 0 bridgehead atoms. The molecule has 0 heterocycles. The van der Waals surface area contributed by atoms with Gasteiger partial charge in [0.2, 0.25) is 0 Å². The summed E-state index contributed by atoms with van der Waals surface area (Å²) >= 11 is 0. The number of alkyl halides is 2. The van der Waals surface area contributed by atoms with Crippen LogP contribution in [0.1, 0.15) is 57.9 Å². The average Bonchev–Trinajstić information content (AvgIpc) is 2.73. The van der Waals surface area contributed by atoms with Gasteiger partial charge in [0.05, 0.1) is 6.42 Å². The molecule has 0 saturated heterocycles. The molecule has 0 radical (unpaired) electrons. The lowest BCUT2D eigenvalue weighted by atomic mass is 9.80. The van der Waals surface area contributed by atoms with Crippen molar-refractivity contribution >= 4 is 0 Å². The Kier molecular flexibility index (Phi) is 7.48. The summed E-state index contributed by atoms with van der Waals surface area (Å²) in [6, 6.07) is 11.5. The topological polar surface area (TPSA) is 9.23 Å². The number of ether oxygens (including phenoxy) is 1. The molecule has 2 aromatic carbocycles. The van der Waals surface area contributed by atoms with Gasteiger partial charge in [0.1, 0.15) is 11.6 Å². The van der Waals surface area contributed by atoms with Gasteiger partial charge in [-0.3, -0.25) is 0 Å². The molecule has 0 N–H and O–H groups in total. The van der Waals surface area contributed by atoms with Gasteiger partial charge in [-0.1, -0.05) is 31.2 Å². The second kappa shape index (κ2) is 10.1. The first-order valence-electron chi connectivity index (χ1n) is 10.8. The number of rotatable bonds is 7. The molecule has 160 valence electrons. The van der Waals surface area contributed by atoms with Gasteiger partial charge >= 0.3 is 6.11 Å². The van der Waals surface area contributed by atoms with Gasteiger partial charge in [0.25, 0.3) is 0 Å². The summed E-state index contributed by atoms with van der Waals surface area (Å²) in [6.45, 7) is 3.88. The van der Waals surface area contributed by atoms with Crippen LogP contribution in [-0.4, -0.2) is 6.11 Å². The van der Waals surface area contributed by atoms with E-state index in [1.807, 2.05) is 38.1 Å². The molecule has 4 heteroatoms. The molecule has 0 aromatic heterocycles. The van der Waals surface area contributed by atoms with E-state index in [1.165, 1.54) is 12.1 Å². The Balaban J connectivity index is 1.56. The van der Waals surface area contributed by atoms with Gasteiger partial charge in [0.15, 0.2) is 0 Å². The SMILES string of the molecule is CC#CC1CCC(CCC(F)(F)Oc2ccc(-c3ccc(CC)cc3)c(F)c2)CC1. The standard InChI is InChI=1S/C26H29F3O/c1-3-5-20-6-8-21(9-7-20)16-17-26(28,29)30-23-14-15-24(25(27)18-23)22-12-10-19(4-2)11-13-22/h10-15,18,20-21H,4,6-9,16-17H2,1-2H3. The summed E-state index contributed by atoms with van der Waals surface area (Å²) in [5, 5.41) is 0. The quantitative estimate of drug-likeness (QED) is 0.423. The third-order valence-electron chi connectivity index (χ3n) is 5.92. The fraction of sp³-hybridized carbons (Fsp3) is 0.462. The van der Waals surface area contributed by atoms with E-state index in [0.29, 0.717) is 23.5 Å². The Morgan fingerprint density at radius 1 is 1.03 bits per heavy atom. The Hall–Kier alpha value is -2.41. The zero-order valence-electron chi connectivity index (χ0n) is 17.7. The van der Waals surface area contributed by atoms with Crippen molar-refractivity contribution in [3.8, 4) is 28.7 Å². The maximum absolute atomic E-state index is 14.5. The highest BCUT2D eigenvalue weighted by Gasteiger charge is 2.33. The van der Waals surface area contributed by atoms with Crippen LogP contribution in [-0.2, 0) is 6.42 Å². The fourth-order valence-electron chi connectivity index (χ4n) is 4.11. The highest BCUT2D eigenvalue weighted by Crippen LogP contribution is 2.35. The summed E-state index contributed by atoms with van der Waals surface area (Å²) in [4.78, 5) is 0. The predicted molar refractivity (Wildman–Crippen MR) is 115 cm³/mol. The number of hydrogen-bond donors (Lipinski definition) is 0. The zero-order chi connectivity index (χ0) is 21.6. The van der Waals surface area contributed by atoms with Crippen LogP contribution < -0.4 is 4.74 Å². The first kappa shape index (κ1) is 22.3. The van der Waals surface area contributed by atoms with E-state index < -0.39 is 11.9 Å². The maximum atomic E-state index is 14.5. The van der Waals surface area contributed by atoms with E-state index in [2.05, 4.69) is 11.8 Å². The summed E-state index contributed by atoms with van der Waals surface area (Å²) in [7, 11) is 0. The summed E-state index contributed by atoms with van der Waals surface area (Å²) in [5.74, 6) is 6.09. The molecule has 0 amide bonds. The van der Waals surface area contributed by atoms with Gasteiger partial charge in [-0.15, -0.1) is 11.8 Å². The first-order valence-corrected chi connectivity index (χ1v) is 10.8. The number of hydrogen-bond acceptors (Lipinski definition) is 1. The largest absolute Gasteiger partial charge is 0.432 e. The smallest absolute Gasteiger partial charge is 0.397 e. The molecule has 1 fully saturated rings. The van der Waals surface area contributed by atoms with Crippen LogP contribution in [0, 0.1) is 29.5 Å². The second-order valence-electron chi connectivity index (χ2n) is 8.08. The van der Waals surface area contributed by atoms with Crippen molar-refractivity contribution in [3.63, 3.8) is 0 Å². The first-order chi connectivity index (χ1) is 14.4. The Morgan fingerprint density at radius 3 is 2.33 bits per heavy atom. The van der Waals surface area contributed by atoms with Crippen LogP contribution in [0.2, 0.25) is 0 Å². The Bertz CT molecular complexity index is 885. The van der Waals surface area contributed by atoms with Gasteiger partial charge in [-0.25, -0.2) is 4.39 Å². The van der Waals surface area contributed by atoms with Crippen molar-refractivity contribution in [1.82, 2.24) is 0 Å². The van der Waals surface area contributed by atoms with E-state index in [0.717, 1.165) is 43.7 Å². The molecule has 0 atom stereocenters. The molecule has 1 nitrogen and oxygen atoms in total. The lowest BCUT2D eigenvalue weighted by molar-refractivity contribution is -0.183. The van der Waals surface area contributed by atoms with Gasteiger partial charge in [-0.2, -0.15) is 8.78 Å². The summed E-state index contributed by atoms with van der Waals surface area (Å²) in [5.41, 5.74) is 2.25. The van der Waals surface area contributed by atoms with Crippen molar-refractivity contribution in [2.75, 3.05) is 0 Å². The number of halogens is 3. The molecule has 1 saturated carbocycles. The Labute approximate surface area is 177 Å². The van der Waals surface area contributed by atoms with Crippen molar-refractivity contribution in [3.05, 3.63) is 53.8 Å². The molecule has 1 aliphatic rings. The minimum Gasteiger partial charge on any atom is -0.432 e. The predicted octanol–water partition coefficient (Wildman–Crippen LogP) is 7.64. The minimum atomic E-state index is -3.31. The van der Waals surface area contributed by atoms with E-state index in [4.69, 9.17) is 4.74 Å². The van der Waals surface area contributed by atoms with Gasteiger partial charge in [0, 0.05) is 17.5 Å². The summed E-state index contributed by atoms with van der Waals surface area (Å²) < 4.78 is 48.1. The molecular formula is C26H29F3O. The van der Waals surface area contributed by atoms with Crippen molar-refractivity contribution < 1.29 is 17.9 Å². The van der Waals surface area contributed by atoms with Crippen LogP contribution in [0.25, 0.3) is 11.1 Å². The van der Waals surface area contributed by atoms with Gasteiger partial charge < -0.3 is 4.74 Å². The molecule has 0 spiro atoms. The number of aryl methyl sites for hydroxylation is 1. The third-order valence-corrected chi connectivity index (χ3v) is 5.92. The lowest BCUT2D eigenvalue weighted by Gasteiger charge is -2.27. The molecule has 30 heavy (non-hydrogen) atoms. The average molecular weight is 415 g/mol. The highest BCUT2D eigenvalue weighted by molar-refractivity contribution is 5.65. The van der Waals surface area contributed by atoms with E-state index in [9.17, 15) is 13.2 Å². The van der Waals surface area contributed by atoms with Gasteiger partial charge in [-0.05, 0) is 74.6 Å². The lowest BCUT2D eigenvalue weighted by Crippen LogP contribution is -2.26. The van der Waals surface area contributed by atoms with E-state index in [1.54, 1.807) is 0 Å². The Morgan fingerprint density at radius 2 is 1.73 bits per heavy atom. The van der Waals surface area contributed by atoms with Crippen LogP contribution >= 0.6 is 0 Å². The maximum Gasteiger partial charge on any atom is 0.397 e. The second-order valence-corrected chi connectivity index (χ2v) is 8.08. The van der Waals surface area contributed by atoms with Crippen LogP contribution in [0.4, 0.5) is 13.2 Å². The fourth-order valence-corrected chi connectivity index (χ4v) is 4.11. The molecule has 2 aromatic rings. The van der Waals surface area contributed by atoms with Crippen LogP contribution in [0.5, 0.6) is 5.75 Å². The van der Waals surface area contributed by atoms with E-state index >= 15 is 0 Å². The zero-order valence-corrected chi connectivity index (χ0v) is 17.7. The third kappa shape index (κ3) is 6.05. The molecular weight excluding hydrogens is 385 g/mol. The minimum absolute atomic E-state index is 0.145. The van der Waals surface area contributed by atoms with E-state index in [-0.39, 0.29) is 18.1 Å². The number of benzene rings is 2. The molecule has 0 unspecified atom stereocenters. The van der Waals surface area contributed by atoms with Crippen LogP contribution in [0.3, 0.4) is 0 Å². The van der Waals surface area contributed by atoms with Crippen molar-refractivity contribution in [2.24, 2.45) is 11.8 Å². The summed E-state index contributed by atoms with van der Waals surface area (Å²) in [6.07, 6.45) is 1.45. The molecule has 1 aliphatic carbocycles. The highest BCUT2D eigenvalue weighted by atomic mass is 19.3. The van der Waals surface area contributed by atoms with Crippen molar-refractivity contribution in [1.29, 1.82) is 0 Å².